The van der Waals surface area contributed by atoms with Gasteiger partial charge in [-0.3, -0.25) is 4.79 Å². The van der Waals surface area contributed by atoms with E-state index >= 15 is 0 Å². The third kappa shape index (κ3) is 1.62. The third-order valence-corrected chi connectivity index (χ3v) is 2.79. The van der Waals surface area contributed by atoms with Crippen molar-refractivity contribution in [2.24, 2.45) is 5.73 Å². The van der Waals surface area contributed by atoms with E-state index in [4.69, 9.17) is 5.73 Å². The van der Waals surface area contributed by atoms with Gasteiger partial charge in [-0.1, -0.05) is 12.1 Å². The highest BCUT2D eigenvalue weighted by atomic mass is 16.3. The molecule has 1 heterocycles. The van der Waals surface area contributed by atoms with Gasteiger partial charge in [0.05, 0.1) is 12.5 Å². The van der Waals surface area contributed by atoms with Crippen LogP contribution in [0.15, 0.2) is 18.2 Å². The van der Waals surface area contributed by atoms with Crippen molar-refractivity contribution in [2.75, 3.05) is 18.5 Å². The number of aliphatic hydroxyl groups is 1. The highest BCUT2D eigenvalue weighted by Crippen LogP contribution is 2.29. The van der Waals surface area contributed by atoms with Crippen LogP contribution < -0.4 is 10.6 Å². The summed E-state index contributed by atoms with van der Waals surface area (Å²) >= 11 is 0. The molecular weight excluding hydrogens is 192 g/mol. The van der Waals surface area contributed by atoms with Crippen molar-refractivity contribution in [3.8, 4) is 0 Å². The monoisotopic (exact) mass is 206 g/mol. The van der Waals surface area contributed by atoms with Gasteiger partial charge in [-0.25, -0.2) is 0 Å². The zero-order chi connectivity index (χ0) is 11.0. The fourth-order valence-corrected chi connectivity index (χ4v) is 1.83. The molecule has 15 heavy (non-hydrogen) atoms. The summed E-state index contributed by atoms with van der Waals surface area (Å²) in [5.41, 5.74) is 8.04. The standard InChI is InChI=1S/C11H14N2O2/c1-13-9-3-2-7(10(14)6-12)4-8(9)5-11(13)15/h2-4,10,14H,5-6,12H2,1H3. The van der Waals surface area contributed by atoms with Crippen LogP contribution in [0.1, 0.15) is 17.2 Å². The topological polar surface area (TPSA) is 66.6 Å². The van der Waals surface area contributed by atoms with E-state index in [1.54, 1.807) is 11.9 Å². The summed E-state index contributed by atoms with van der Waals surface area (Å²) in [7, 11) is 1.76. The summed E-state index contributed by atoms with van der Waals surface area (Å²) in [5.74, 6) is 0.0874. The molecular formula is C11H14N2O2. The molecule has 4 nitrogen and oxygen atoms in total. The Hall–Kier alpha value is -1.39. The molecule has 1 atom stereocenters. The summed E-state index contributed by atoms with van der Waals surface area (Å²) in [6.07, 6.45) is -0.229. The number of carbonyl (C=O) groups excluding carboxylic acids is 1. The molecule has 2 rings (SSSR count). The molecule has 0 saturated heterocycles. The second-order valence-electron chi connectivity index (χ2n) is 3.77. The van der Waals surface area contributed by atoms with Gasteiger partial charge in [-0.15, -0.1) is 0 Å². The molecule has 0 spiro atoms. The van der Waals surface area contributed by atoms with Gasteiger partial charge in [0.15, 0.2) is 0 Å². The average Bonchev–Trinajstić information content (AvgIpc) is 2.53. The van der Waals surface area contributed by atoms with Crippen molar-refractivity contribution in [1.82, 2.24) is 0 Å². The van der Waals surface area contributed by atoms with Crippen LogP contribution >= 0.6 is 0 Å². The van der Waals surface area contributed by atoms with Crippen LogP contribution in [0.3, 0.4) is 0 Å². The molecule has 0 bridgehead atoms. The van der Waals surface area contributed by atoms with E-state index in [9.17, 15) is 9.90 Å². The number of amides is 1. The first kappa shape index (κ1) is 10.1. The molecule has 80 valence electrons. The SMILES string of the molecule is CN1C(=O)Cc2cc(C(O)CN)ccc21. The Kier molecular flexibility index (Phi) is 2.46. The summed E-state index contributed by atoms with van der Waals surface area (Å²) in [6, 6.07) is 5.52. The predicted octanol–water partition coefficient (Wildman–Crippen LogP) is 0.198. The Labute approximate surface area is 88.3 Å². The lowest BCUT2D eigenvalue weighted by Gasteiger charge is -2.12. The highest BCUT2D eigenvalue weighted by molar-refractivity contribution is 6.00. The van der Waals surface area contributed by atoms with Crippen molar-refractivity contribution in [1.29, 1.82) is 0 Å². The summed E-state index contributed by atoms with van der Waals surface area (Å²) in [5, 5.41) is 9.57. The van der Waals surface area contributed by atoms with Crippen LogP contribution in [-0.4, -0.2) is 24.6 Å². The Morgan fingerprint density at radius 3 is 3.00 bits per heavy atom. The smallest absolute Gasteiger partial charge is 0.231 e. The van der Waals surface area contributed by atoms with Crippen LogP contribution in [0.2, 0.25) is 0 Å². The Balaban J connectivity index is 2.37. The Morgan fingerprint density at radius 1 is 1.60 bits per heavy atom. The van der Waals surface area contributed by atoms with Gasteiger partial charge in [0.2, 0.25) is 5.91 Å². The number of nitrogens with zero attached hydrogens (tertiary/aromatic N) is 1. The van der Waals surface area contributed by atoms with Crippen molar-refractivity contribution in [3.05, 3.63) is 29.3 Å². The first-order chi connectivity index (χ1) is 7.13. The average molecular weight is 206 g/mol. The van der Waals surface area contributed by atoms with E-state index in [0.717, 1.165) is 16.8 Å². The number of nitrogens with two attached hydrogens (primary N) is 1. The minimum Gasteiger partial charge on any atom is -0.387 e. The van der Waals surface area contributed by atoms with Crippen molar-refractivity contribution >= 4 is 11.6 Å². The molecule has 1 aliphatic heterocycles. The molecule has 0 fully saturated rings. The number of carbonyl (C=O) groups is 1. The predicted molar refractivity (Wildman–Crippen MR) is 57.6 cm³/mol. The zero-order valence-corrected chi connectivity index (χ0v) is 8.60. The van der Waals surface area contributed by atoms with E-state index in [1.807, 2.05) is 18.2 Å². The van der Waals surface area contributed by atoms with E-state index in [1.165, 1.54) is 0 Å². The van der Waals surface area contributed by atoms with Gasteiger partial charge in [0, 0.05) is 19.3 Å². The molecule has 1 unspecified atom stereocenters. The van der Waals surface area contributed by atoms with Gasteiger partial charge in [-0.05, 0) is 17.2 Å². The van der Waals surface area contributed by atoms with Gasteiger partial charge in [0.1, 0.15) is 0 Å². The number of likely N-dealkylation sites (N-methyl/N-ethyl adjacent to an activating group) is 1. The summed E-state index contributed by atoms with van der Waals surface area (Å²) < 4.78 is 0. The van der Waals surface area contributed by atoms with E-state index in [2.05, 4.69) is 0 Å². The Bertz CT molecular complexity index is 404. The molecule has 0 saturated carbocycles. The largest absolute Gasteiger partial charge is 0.387 e. The molecule has 0 radical (unpaired) electrons. The molecule has 4 heteroatoms. The minimum absolute atomic E-state index is 0.0874. The van der Waals surface area contributed by atoms with Crippen LogP contribution in [0, 0.1) is 0 Å². The maximum absolute atomic E-state index is 11.4. The fraction of sp³-hybridized carbons (Fsp3) is 0.364. The van der Waals surface area contributed by atoms with Gasteiger partial charge < -0.3 is 15.7 Å². The third-order valence-electron chi connectivity index (χ3n) is 2.79. The first-order valence-electron chi connectivity index (χ1n) is 4.91. The molecule has 0 aromatic heterocycles. The number of rotatable bonds is 2. The maximum Gasteiger partial charge on any atom is 0.231 e. The fourth-order valence-electron chi connectivity index (χ4n) is 1.83. The molecule has 1 aliphatic rings. The number of hydrogen-bond donors (Lipinski definition) is 2. The van der Waals surface area contributed by atoms with E-state index in [0.29, 0.717) is 6.42 Å². The lowest BCUT2D eigenvalue weighted by atomic mass is 10.0. The molecule has 1 aromatic carbocycles. The number of fused-ring (bicyclic) bond motifs is 1. The van der Waals surface area contributed by atoms with Crippen LogP contribution in [0.4, 0.5) is 5.69 Å². The number of benzene rings is 1. The number of hydrogen-bond acceptors (Lipinski definition) is 3. The lowest BCUT2D eigenvalue weighted by molar-refractivity contribution is -0.117. The van der Waals surface area contributed by atoms with Crippen LogP contribution in [0.5, 0.6) is 0 Å². The lowest BCUT2D eigenvalue weighted by Crippen LogP contribution is -2.20. The summed E-state index contributed by atoms with van der Waals surface area (Å²) in [6.45, 7) is 0.197. The Morgan fingerprint density at radius 2 is 2.33 bits per heavy atom. The molecule has 3 N–H and O–H groups in total. The zero-order valence-electron chi connectivity index (χ0n) is 8.60. The normalized spacial score (nSPS) is 16.7. The van der Waals surface area contributed by atoms with Gasteiger partial charge in [-0.2, -0.15) is 0 Å². The minimum atomic E-state index is -0.642. The van der Waals surface area contributed by atoms with Crippen molar-refractivity contribution in [2.45, 2.75) is 12.5 Å². The van der Waals surface area contributed by atoms with Crippen LogP contribution in [0.25, 0.3) is 0 Å². The number of anilines is 1. The summed E-state index contributed by atoms with van der Waals surface area (Å²) in [4.78, 5) is 13.1. The quantitative estimate of drug-likeness (QED) is 0.726. The molecule has 1 amide bonds. The van der Waals surface area contributed by atoms with Crippen molar-refractivity contribution < 1.29 is 9.90 Å². The second kappa shape index (κ2) is 3.64. The van der Waals surface area contributed by atoms with Gasteiger partial charge >= 0.3 is 0 Å². The first-order valence-corrected chi connectivity index (χ1v) is 4.91. The maximum atomic E-state index is 11.4. The highest BCUT2D eigenvalue weighted by Gasteiger charge is 2.24. The molecule has 1 aromatic rings. The van der Waals surface area contributed by atoms with Crippen LogP contribution in [-0.2, 0) is 11.2 Å². The van der Waals surface area contributed by atoms with E-state index < -0.39 is 6.10 Å². The van der Waals surface area contributed by atoms with Crippen molar-refractivity contribution in [3.63, 3.8) is 0 Å². The molecule has 0 aliphatic carbocycles. The second-order valence-corrected chi connectivity index (χ2v) is 3.77. The van der Waals surface area contributed by atoms with E-state index in [-0.39, 0.29) is 12.5 Å². The number of aliphatic hydroxyl groups excluding tert-OH is 1. The van der Waals surface area contributed by atoms with Gasteiger partial charge in [0.25, 0.3) is 0 Å².